The summed E-state index contributed by atoms with van der Waals surface area (Å²) in [5.74, 6) is -0.906. The molecule has 0 bridgehead atoms. The minimum absolute atomic E-state index is 0.0922. The van der Waals surface area contributed by atoms with Gasteiger partial charge in [-0.15, -0.1) is 0 Å². The fraction of sp³-hybridized carbons (Fsp3) is 0.0357. The van der Waals surface area contributed by atoms with Crippen LogP contribution in [0.5, 0.6) is 0 Å². The summed E-state index contributed by atoms with van der Waals surface area (Å²) in [6, 6.07) is 26.3. The van der Waals surface area contributed by atoms with Crippen molar-refractivity contribution in [2.45, 2.75) is 6.92 Å². The Balaban J connectivity index is 1.55. The van der Waals surface area contributed by atoms with Crippen LogP contribution in [0, 0.1) is 0 Å². The maximum absolute atomic E-state index is 12.9. The third-order valence-corrected chi connectivity index (χ3v) is 5.09. The standard InChI is InChI=1S/C28H24N4O2/c1-20(16-21-10-4-2-5-11-21)17-26(31-27(33)22-12-6-3-7-13-22)28(34)32-30-19-23-18-29-25-15-9-8-14-24(23)25/h2-19,29H,1H3,(H,31,33)(H,32,34). The van der Waals surface area contributed by atoms with Crippen molar-refractivity contribution in [2.24, 2.45) is 5.10 Å². The zero-order valence-corrected chi connectivity index (χ0v) is 18.7. The molecular weight excluding hydrogens is 424 g/mol. The summed E-state index contributed by atoms with van der Waals surface area (Å²) < 4.78 is 0. The molecule has 34 heavy (non-hydrogen) atoms. The van der Waals surface area contributed by atoms with Crippen molar-refractivity contribution in [2.75, 3.05) is 0 Å². The molecule has 0 aliphatic heterocycles. The lowest BCUT2D eigenvalue weighted by atomic mass is 10.1. The van der Waals surface area contributed by atoms with Gasteiger partial charge in [0.2, 0.25) is 0 Å². The first-order valence-corrected chi connectivity index (χ1v) is 10.8. The van der Waals surface area contributed by atoms with Gasteiger partial charge in [0.25, 0.3) is 11.8 Å². The van der Waals surface area contributed by atoms with Gasteiger partial charge < -0.3 is 10.3 Å². The van der Waals surface area contributed by atoms with E-state index in [1.165, 1.54) is 0 Å². The Morgan fingerprint density at radius 3 is 2.32 bits per heavy atom. The number of nitrogens with zero attached hydrogens (tertiary/aromatic N) is 1. The number of hydrazone groups is 1. The lowest BCUT2D eigenvalue weighted by Gasteiger charge is -2.09. The number of aromatic nitrogens is 1. The van der Waals surface area contributed by atoms with Crippen molar-refractivity contribution < 1.29 is 9.59 Å². The molecule has 6 heteroatoms. The van der Waals surface area contributed by atoms with Crippen LogP contribution in [-0.2, 0) is 4.79 Å². The second-order valence-corrected chi connectivity index (χ2v) is 7.67. The quantitative estimate of drug-likeness (QED) is 0.160. The molecule has 3 N–H and O–H groups in total. The summed E-state index contributed by atoms with van der Waals surface area (Å²) in [4.78, 5) is 28.8. The van der Waals surface area contributed by atoms with Gasteiger partial charge in [0.1, 0.15) is 5.70 Å². The van der Waals surface area contributed by atoms with Crippen LogP contribution in [0.25, 0.3) is 17.0 Å². The molecular formula is C28H24N4O2. The highest BCUT2D eigenvalue weighted by Gasteiger charge is 2.14. The van der Waals surface area contributed by atoms with Crippen molar-refractivity contribution >= 4 is 35.0 Å². The minimum Gasteiger partial charge on any atom is -0.361 e. The molecule has 0 aliphatic carbocycles. The van der Waals surface area contributed by atoms with Gasteiger partial charge in [-0.25, -0.2) is 5.43 Å². The van der Waals surface area contributed by atoms with Gasteiger partial charge in [-0.1, -0.05) is 72.8 Å². The van der Waals surface area contributed by atoms with E-state index in [0.717, 1.165) is 27.6 Å². The Labute approximate surface area is 197 Å². The number of para-hydroxylation sites is 1. The predicted molar refractivity (Wildman–Crippen MR) is 136 cm³/mol. The molecule has 0 spiro atoms. The van der Waals surface area contributed by atoms with E-state index in [2.05, 4.69) is 20.8 Å². The second kappa shape index (κ2) is 10.7. The Hall–Kier alpha value is -4.71. The summed E-state index contributed by atoms with van der Waals surface area (Å²) in [7, 11) is 0. The van der Waals surface area contributed by atoms with E-state index < -0.39 is 5.91 Å². The van der Waals surface area contributed by atoms with Crippen LogP contribution in [0.15, 0.2) is 114 Å². The predicted octanol–water partition coefficient (Wildman–Crippen LogP) is 5.04. The maximum Gasteiger partial charge on any atom is 0.287 e. The number of nitrogens with one attached hydrogen (secondary N) is 3. The number of aromatic amines is 1. The first-order chi connectivity index (χ1) is 16.6. The Morgan fingerprint density at radius 2 is 1.56 bits per heavy atom. The molecule has 1 aromatic heterocycles. The van der Waals surface area contributed by atoms with Gasteiger partial charge in [0, 0.05) is 28.2 Å². The second-order valence-electron chi connectivity index (χ2n) is 7.67. The van der Waals surface area contributed by atoms with Crippen LogP contribution in [0.3, 0.4) is 0 Å². The molecule has 4 rings (SSSR count). The summed E-state index contributed by atoms with van der Waals surface area (Å²) in [6.45, 7) is 1.87. The Bertz CT molecular complexity index is 1380. The molecule has 0 fully saturated rings. The molecule has 1 heterocycles. The fourth-order valence-electron chi connectivity index (χ4n) is 3.45. The first-order valence-electron chi connectivity index (χ1n) is 10.8. The van der Waals surface area contributed by atoms with Crippen LogP contribution in [0.1, 0.15) is 28.4 Å². The third kappa shape index (κ3) is 5.75. The Morgan fingerprint density at radius 1 is 0.882 bits per heavy atom. The number of carbonyl (C=O) groups excluding carboxylic acids is 2. The fourth-order valence-corrected chi connectivity index (χ4v) is 3.45. The Kier molecular flexibility index (Phi) is 7.10. The molecule has 4 aromatic rings. The van der Waals surface area contributed by atoms with Crippen LogP contribution in [0.4, 0.5) is 0 Å². The average Bonchev–Trinajstić information content (AvgIpc) is 3.27. The van der Waals surface area contributed by atoms with Gasteiger partial charge in [0.15, 0.2) is 0 Å². The van der Waals surface area contributed by atoms with Gasteiger partial charge in [-0.05, 0) is 42.3 Å². The summed E-state index contributed by atoms with van der Waals surface area (Å²) in [5.41, 5.74) is 6.67. The first kappa shape index (κ1) is 22.5. The molecule has 0 atom stereocenters. The van der Waals surface area contributed by atoms with Crippen molar-refractivity contribution in [1.82, 2.24) is 15.7 Å². The summed E-state index contributed by atoms with van der Waals surface area (Å²) in [6.07, 6.45) is 6.95. The number of carbonyl (C=O) groups is 2. The van der Waals surface area contributed by atoms with Gasteiger partial charge in [0.05, 0.1) is 6.21 Å². The van der Waals surface area contributed by atoms with Gasteiger partial charge >= 0.3 is 0 Å². The molecule has 168 valence electrons. The zero-order valence-electron chi connectivity index (χ0n) is 18.7. The van der Waals surface area contributed by atoms with Crippen LogP contribution >= 0.6 is 0 Å². The highest BCUT2D eigenvalue weighted by Crippen LogP contribution is 2.15. The highest BCUT2D eigenvalue weighted by molar-refractivity contribution is 6.04. The number of hydrogen-bond donors (Lipinski definition) is 3. The number of fused-ring (bicyclic) bond motifs is 1. The van der Waals surface area contributed by atoms with Crippen molar-refractivity contribution in [3.63, 3.8) is 0 Å². The monoisotopic (exact) mass is 448 g/mol. The summed E-state index contributed by atoms with van der Waals surface area (Å²) in [5, 5.41) is 7.81. The third-order valence-electron chi connectivity index (χ3n) is 5.09. The van der Waals surface area contributed by atoms with Crippen LogP contribution in [-0.4, -0.2) is 23.0 Å². The van der Waals surface area contributed by atoms with E-state index in [4.69, 9.17) is 0 Å². The number of hydrogen-bond acceptors (Lipinski definition) is 3. The van der Waals surface area contributed by atoms with Gasteiger partial charge in [-0.3, -0.25) is 9.59 Å². The summed E-state index contributed by atoms with van der Waals surface area (Å²) >= 11 is 0. The van der Waals surface area contributed by atoms with E-state index >= 15 is 0 Å². The number of H-pyrrole nitrogens is 1. The molecule has 0 saturated carbocycles. The zero-order chi connectivity index (χ0) is 23.8. The largest absolute Gasteiger partial charge is 0.361 e. The van der Waals surface area contributed by atoms with E-state index in [0.29, 0.717) is 5.56 Å². The number of allylic oxidation sites excluding steroid dienone is 2. The molecule has 0 aliphatic rings. The number of amides is 2. The lowest BCUT2D eigenvalue weighted by Crippen LogP contribution is -2.33. The van der Waals surface area contributed by atoms with Crippen molar-refractivity contribution in [3.8, 4) is 0 Å². The maximum atomic E-state index is 12.9. The minimum atomic E-state index is -0.527. The molecule has 0 unspecified atom stereocenters. The topological polar surface area (TPSA) is 86.3 Å². The number of rotatable bonds is 7. The van der Waals surface area contributed by atoms with E-state index in [-0.39, 0.29) is 11.6 Å². The van der Waals surface area contributed by atoms with E-state index in [9.17, 15) is 9.59 Å². The highest BCUT2D eigenvalue weighted by atomic mass is 16.2. The smallest absolute Gasteiger partial charge is 0.287 e. The van der Waals surface area contributed by atoms with Crippen LogP contribution < -0.4 is 10.7 Å². The molecule has 2 amide bonds. The van der Waals surface area contributed by atoms with Crippen molar-refractivity contribution in [1.29, 1.82) is 0 Å². The molecule has 0 saturated heterocycles. The van der Waals surface area contributed by atoms with Crippen molar-refractivity contribution in [3.05, 3.63) is 125 Å². The molecule has 6 nitrogen and oxygen atoms in total. The lowest BCUT2D eigenvalue weighted by molar-refractivity contribution is -0.117. The molecule has 0 radical (unpaired) electrons. The van der Waals surface area contributed by atoms with Gasteiger partial charge in [-0.2, -0.15) is 5.10 Å². The van der Waals surface area contributed by atoms with E-state index in [1.807, 2.05) is 79.9 Å². The van der Waals surface area contributed by atoms with E-state index in [1.54, 1.807) is 36.6 Å². The molecule has 3 aromatic carbocycles. The number of benzene rings is 3. The average molecular weight is 449 g/mol. The van der Waals surface area contributed by atoms with Crippen LogP contribution in [0.2, 0.25) is 0 Å². The SMILES string of the molecule is CC(=Cc1ccccc1)C=C(NC(=O)c1ccccc1)C(=O)NN=Cc1c[nH]c2ccccc12. The normalized spacial score (nSPS) is 12.1.